The molecule has 0 radical (unpaired) electrons. The van der Waals surface area contributed by atoms with Crippen molar-refractivity contribution in [2.24, 2.45) is 0 Å². The quantitative estimate of drug-likeness (QED) is 0.615. The number of aliphatic carboxylic acids is 1. The van der Waals surface area contributed by atoms with Crippen molar-refractivity contribution in [3.8, 4) is 0 Å². The van der Waals surface area contributed by atoms with E-state index < -0.39 is 18.0 Å². The molecule has 0 aromatic rings. The number of carbonyl (C=O) groups excluding carboxylic acids is 2. The molecule has 0 saturated carbocycles. The number of likely N-dealkylation sites (tertiary alicyclic amines) is 1. The second kappa shape index (κ2) is 6.07. The van der Waals surface area contributed by atoms with Gasteiger partial charge in [-0.3, -0.25) is 4.79 Å². The normalized spacial score (nSPS) is 19.6. The van der Waals surface area contributed by atoms with Gasteiger partial charge >= 0.3 is 12.0 Å². The molecule has 0 aromatic heterocycles. The second-order valence-corrected chi connectivity index (χ2v) is 3.88. The summed E-state index contributed by atoms with van der Waals surface area (Å²) in [7, 11) is 1.47. The lowest BCUT2D eigenvalue weighted by atomic mass is 10.0. The van der Waals surface area contributed by atoms with Crippen molar-refractivity contribution in [3.63, 3.8) is 0 Å². The molecule has 1 atom stereocenters. The monoisotopic (exact) mass is 243 g/mol. The maximum Gasteiger partial charge on any atom is 0.326 e. The first-order chi connectivity index (χ1) is 8.06. The summed E-state index contributed by atoms with van der Waals surface area (Å²) in [6, 6.07) is -1.28. The summed E-state index contributed by atoms with van der Waals surface area (Å²) in [4.78, 5) is 34.9. The minimum atomic E-state index is -1.00. The standard InChI is InChI=1S/C10H17N3O4/c1-11-8(14)6-12-10(17)13-5-3-2-4-7(13)9(15)16/h7H,2-6H2,1H3,(H,11,14)(H,12,17)(H,15,16). The van der Waals surface area contributed by atoms with Crippen LogP contribution < -0.4 is 10.6 Å². The number of carbonyl (C=O) groups is 3. The molecular formula is C10H17N3O4. The molecule has 0 spiro atoms. The number of likely N-dealkylation sites (N-methyl/N-ethyl adjacent to an activating group) is 1. The van der Waals surface area contributed by atoms with E-state index in [4.69, 9.17) is 5.11 Å². The lowest BCUT2D eigenvalue weighted by Gasteiger charge is -2.32. The number of rotatable bonds is 3. The Hall–Kier alpha value is -1.79. The van der Waals surface area contributed by atoms with Crippen molar-refractivity contribution in [2.75, 3.05) is 20.1 Å². The summed E-state index contributed by atoms with van der Waals surface area (Å²) >= 11 is 0. The third kappa shape index (κ3) is 3.61. The Bertz CT molecular complexity index is 319. The number of carboxylic acids is 1. The number of urea groups is 1. The summed E-state index contributed by atoms with van der Waals surface area (Å²) in [6.45, 7) is 0.273. The molecule has 17 heavy (non-hydrogen) atoms. The van der Waals surface area contributed by atoms with E-state index in [0.717, 1.165) is 12.8 Å². The number of nitrogens with one attached hydrogen (secondary N) is 2. The molecule has 0 bridgehead atoms. The molecule has 1 unspecified atom stereocenters. The maximum absolute atomic E-state index is 11.7. The van der Waals surface area contributed by atoms with Crippen molar-refractivity contribution >= 4 is 17.9 Å². The maximum atomic E-state index is 11.7. The third-order valence-electron chi connectivity index (χ3n) is 2.73. The fourth-order valence-electron chi connectivity index (χ4n) is 1.78. The molecule has 7 heteroatoms. The molecule has 1 rings (SSSR count). The van der Waals surface area contributed by atoms with Crippen LogP contribution in [-0.4, -0.2) is 54.1 Å². The van der Waals surface area contributed by atoms with Gasteiger partial charge in [0.1, 0.15) is 6.04 Å². The van der Waals surface area contributed by atoms with Crippen LogP contribution in [0.5, 0.6) is 0 Å². The smallest absolute Gasteiger partial charge is 0.326 e. The summed E-state index contributed by atoms with van der Waals surface area (Å²) in [5.41, 5.74) is 0. The average Bonchev–Trinajstić information content (AvgIpc) is 2.35. The Morgan fingerprint density at radius 2 is 2.06 bits per heavy atom. The predicted octanol–water partition coefficient (Wildman–Crippen LogP) is -0.619. The highest BCUT2D eigenvalue weighted by Gasteiger charge is 2.31. The van der Waals surface area contributed by atoms with E-state index in [0.29, 0.717) is 13.0 Å². The molecule has 0 aromatic carbocycles. The van der Waals surface area contributed by atoms with Gasteiger partial charge in [0.2, 0.25) is 5.91 Å². The zero-order chi connectivity index (χ0) is 12.8. The molecule has 1 saturated heterocycles. The summed E-state index contributed by atoms with van der Waals surface area (Å²) < 4.78 is 0. The predicted molar refractivity (Wildman–Crippen MR) is 59.4 cm³/mol. The first-order valence-electron chi connectivity index (χ1n) is 5.54. The van der Waals surface area contributed by atoms with E-state index in [-0.39, 0.29) is 12.5 Å². The Kier molecular flexibility index (Phi) is 4.74. The molecule has 1 aliphatic rings. The van der Waals surface area contributed by atoms with Crippen molar-refractivity contribution < 1.29 is 19.5 Å². The van der Waals surface area contributed by atoms with E-state index in [9.17, 15) is 14.4 Å². The lowest BCUT2D eigenvalue weighted by molar-refractivity contribution is -0.143. The number of hydrogen-bond donors (Lipinski definition) is 3. The van der Waals surface area contributed by atoms with Crippen molar-refractivity contribution in [2.45, 2.75) is 25.3 Å². The van der Waals surface area contributed by atoms with Crippen LogP contribution in [0.4, 0.5) is 4.79 Å². The van der Waals surface area contributed by atoms with Gasteiger partial charge in [-0.15, -0.1) is 0 Å². The number of piperidine rings is 1. The van der Waals surface area contributed by atoms with E-state index in [1.165, 1.54) is 11.9 Å². The molecule has 0 aliphatic carbocycles. The topological polar surface area (TPSA) is 98.7 Å². The summed E-state index contributed by atoms with van der Waals surface area (Å²) in [5.74, 6) is -1.32. The number of nitrogens with zero attached hydrogens (tertiary/aromatic N) is 1. The molecule has 1 aliphatic heterocycles. The largest absolute Gasteiger partial charge is 0.480 e. The second-order valence-electron chi connectivity index (χ2n) is 3.88. The van der Waals surface area contributed by atoms with Crippen LogP contribution in [-0.2, 0) is 9.59 Å². The van der Waals surface area contributed by atoms with Gasteiger partial charge < -0.3 is 20.6 Å². The summed E-state index contributed by atoms with van der Waals surface area (Å²) in [6.07, 6.45) is 2.05. The molecule has 1 fully saturated rings. The SMILES string of the molecule is CNC(=O)CNC(=O)N1CCCCC1C(=O)O. The van der Waals surface area contributed by atoms with Crippen LogP contribution in [0.3, 0.4) is 0 Å². The first kappa shape index (κ1) is 13.3. The molecule has 3 amide bonds. The minimum Gasteiger partial charge on any atom is -0.480 e. The van der Waals surface area contributed by atoms with Gasteiger partial charge in [-0.2, -0.15) is 0 Å². The lowest BCUT2D eigenvalue weighted by Crippen LogP contribution is -2.53. The molecule has 96 valence electrons. The molecule has 7 nitrogen and oxygen atoms in total. The van der Waals surface area contributed by atoms with Crippen LogP contribution >= 0.6 is 0 Å². The van der Waals surface area contributed by atoms with Crippen LogP contribution in [0.15, 0.2) is 0 Å². The number of amides is 3. The van der Waals surface area contributed by atoms with Gasteiger partial charge in [0.05, 0.1) is 6.54 Å². The van der Waals surface area contributed by atoms with E-state index in [1.54, 1.807) is 0 Å². The van der Waals surface area contributed by atoms with E-state index in [2.05, 4.69) is 10.6 Å². The molecule has 1 heterocycles. The highest BCUT2D eigenvalue weighted by atomic mass is 16.4. The highest BCUT2D eigenvalue weighted by Crippen LogP contribution is 2.16. The van der Waals surface area contributed by atoms with Gasteiger partial charge in [0, 0.05) is 13.6 Å². The van der Waals surface area contributed by atoms with Crippen LogP contribution in [0.2, 0.25) is 0 Å². The van der Waals surface area contributed by atoms with Crippen molar-refractivity contribution in [3.05, 3.63) is 0 Å². The third-order valence-corrected chi connectivity index (χ3v) is 2.73. The van der Waals surface area contributed by atoms with Crippen LogP contribution in [0, 0.1) is 0 Å². The first-order valence-corrected chi connectivity index (χ1v) is 5.54. The van der Waals surface area contributed by atoms with Crippen LogP contribution in [0.1, 0.15) is 19.3 Å². The zero-order valence-electron chi connectivity index (χ0n) is 9.73. The fourth-order valence-corrected chi connectivity index (χ4v) is 1.78. The Balaban J connectivity index is 2.53. The van der Waals surface area contributed by atoms with Gasteiger partial charge in [0.15, 0.2) is 0 Å². The highest BCUT2D eigenvalue weighted by molar-refractivity contribution is 5.86. The van der Waals surface area contributed by atoms with Gasteiger partial charge in [-0.05, 0) is 19.3 Å². The van der Waals surface area contributed by atoms with Gasteiger partial charge in [0.25, 0.3) is 0 Å². The van der Waals surface area contributed by atoms with Crippen LogP contribution in [0.25, 0.3) is 0 Å². The molecule has 3 N–H and O–H groups in total. The Labute approximate surface area is 99.2 Å². The van der Waals surface area contributed by atoms with E-state index >= 15 is 0 Å². The van der Waals surface area contributed by atoms with Gasteiger partial charge in [-0.25, -0.2) is 9.59 Å². The van der Waals surface area contributed by atoms with E-state index in [1.807, 2.05) is 0 Å². The van der Waals surface area contributed by atoms with Gasteiger partial charge in [-0.1, -0.05) is 0 Å². The fraction of sp³-hybridized carbons (Fsp3) is 0.700. The Morgan fingerprint density at radius 1 is 1.35 bits per heavy atom. The summed E-state index contributed by atoms with van der Waals surface area (Å²) in [5, 5.41) is 13.7. The average molecular weight is 243 g/mol. The van der Waals surface area contributed by atoms with Crippen molar-refractivity contribution in [1.29, 1.82) is 0 Å². The minimum absolute atomic E-state index is 0.141. The zero-order valence-corrected chi connectivity index (χ0v) is 9.73. The Morgan fingerprint density at radius 3 is 2.65 bits per heavy atom. The number of hydrogen-bond acceptors (Lipinski definition) is 3. The van der Waals surface area contributed by atoms with Crippen molar-refractivity contribution in [1.82, 2.24) is 15.5 Å². The number of carboxylic acid groups (broad SMARTS) is 1. The molecular weight excluding hydrogens is 226 g/mol.